The Morgan fingerprint density at radius 1 is 1.35 bits per heavy atom. The Hall–Kier alpha value is -1.55. The molecule has 20 heavy (non-hydrogen) atoms. The summed E-state index contributed by atoms with van der Waals surface area (Å²) in [5.74, 6) is 0.408. The highest BCUT2D eigenvalue weighted by Gasteiger charge is 2.21. The number of ether oxygens (including phenoxy) is 2. The number of hydrogen-bond donors (Lipinski definition) is 1. The molecule has 0 radical (unpaired) electrons. The molecule has 0 amide bonds. The largest absolute Gasteiger partial charge is 0.478 e. The average molecular weight is 279 g/mol. The predicted molar refractivity (Wildman–Crippen MR) is 79.7 cm³/mol. The van der Waals surface area contributed by atoms with Gasteiger partial charge < -0.3 is 15.2 Å². The van der Waals surface area contributed by atoms with E-state index in [1.165, 1.54) is 0 Å². The smallest absolute Gasteiger partial charge is 0.347 e. The van der Waals surface area contributed by atoms with Crippen molar-refractivity contribution < 1.29 is 14.3 Å². The number of rotatable bonds is 7. The highest BCUT2D eigenvalue weighted by atomic mass is 16.6. The maximum atomic E-state index is 11.9. The summed E-state index contributed by atoms with van der Waals surface area (Å²) in [6.45, 7) is 8.07. The molecule has 1 aromatic carbocycles. The number of nitrogens with two attached hydrogens (primary N) is 1. The molecule has 0 saturated carbocycles. The Labute approximate surface area is 121 Å². The van der Waals surface area contributed by atoms with Crippen LogP contribution >= 0.6 is 0 Å². The first-order chi connectivity index (χ1) is 9.49. The summed E-state index contributed by atoms with van der Waals surface area (Å²) in [4.78, 5) is 11.9. The fourth-order valence-electron chi connectivity index (χ4n) is 1.96. The van der Waals surface area contributed by atoms with Crippen LogP contribution in [0.3, 0.4) is 0 Å². The highest BCUT2D eigenvalue weighted by Crippen LogP contribution is 2.24. The van der Waals surface area contributed by atoms with Crippen LogP contribution in [0.25, 0.3) is 0 Å². The molecule has 0 saturated heterocycles. The number of esters is 1. The lowest BCUT2D eigenvalue weighted by molar-refractivity contribution is -0.151. The summed E-state index contributed by atoms with van der Waals surface area (Å²) < 4.78 is 10.9. The average Bonchev–Trinajstić information content (AvgIpc) is 2.40. The van der Waals surface area contributed by atoms with Crippen LogP contribution in [0.15, 0.2) is 18.2 Å². The van der Waals surface area contributed by atoms with Crippen LogP contribution in [0.5, 0.6) is 5.75 Å². The molecule has 2 atom stereocenters. The molecule has 2 N–H and O–H groups in total. The molecule has 0 aromatic heterocycles. The van der Waals surface area contributed by atoms with Gasteiger partial charge in [0.15, 0.2) is 6.10 Å². The highest BCUT2D eigenvalue weighted by molar-refractivity contribution is 5.75. The number of carbonyl (C=O) groups is 1. The molecule has 0 aliphatic rings. The Morgan fingerprint density at radius 3 is 2.55 bits per heavy atom. The fourth-order valence-corrected chi connectivity index (χ4v) is 1.96. The fraction of sp³-hybridized carbons (Fsp3) is 0.562. The van der Waals surface area contributed by atoms with Crippen molar-refractivity contribution in [2.75, 3.05) is 6.61 Å². The summed E-state index contributed by atoms with van der Waals surface area (Å²) in [6.07, 6.45) is 0.966. The van der Waals surface area contributed by atoms with Gasteiger partial charge in [-0.15, -0.1) is 0 Å². The summed E-state index contributed by atoms with van der Waals surface area (Å²) in [5, 5.41) is 0. The standard InChI is InChI=1S/C16H25NO3/c1-5-7-15(16(18)19-6-2)20-14-9-8-13(12(4)17)10-11(14)3/h8-10,12,15H,5-7,17H2,1-4H3/t12-,15?/m0/s1. The van der Waals surface area contributed by atoms with Crippen molar-refractivity contribution in [1.29, 1.82) is 0 Å². The zero-order valence-corrected chi connectivity index (χ0v) is 12.8. The molecule has 0 fully saturated rings. The van der Waals surface area contributed by atoms with Gasteiger partial charge in [0.25, 0.3) is 0 Å². The van der Waals surface area contributed by atoms with E-state index in [1.54, 1.807) is 6.92 Å². The number of hydrogen-bond acceptors (Lipinski definition) is 4. The Morgan fingerprint density at radius 2 is 2.05 bits per heavy atom. The van der Waals surface area contributed by atoms with Gasteiger partial charge in [-0.2, -0.15) is 0 Å². The second-order valence-corrected chi connectivity index (χ2v) is 4.96. The summed E-state index contributed by atoms with van der Waals surface area (Å²) >= 11 is 0. The third-order valence-electron chi connectivity index (χ3n) is 3.09. The van der Waals surface area contributed by atoms with Crippen molar-refractivity contribution in [2.24, 2.45) is 5.73 Å². The minimum Gasteiger partial charge on any atom is -0.478 e. The van der Waals surface area contributed by atoms with Crippen molar-refractivity contribution in [1.82, 2.24) is 0 Å². The maximum absolute atomic E-state index is 11.9. The summed E-state index contributed by atoms with van der Waals surface area (Å²) in [5.41, 5.74) is 7.89. The van der Waals surface area contributed by atoms with Crippen molar-refractivity contribution in [3.8, 4) is 5.75 Å². The molecule has 0 bridgehead atoms. The predicted octanol–water partition coefficient (Wildman–Crippen LogP) is 3.13. The van der Waals surface area contributed by atoms with Gasteiger partial charge in [-0.25, -0.2) is 4.79 Å². The number of benzene rings is 1. The first-order valence-electron chi connectivity index (χ1n) is 7.19. The van der Waals surface area contributed by atoms with E-state index in [9.17, 15) is 4.79 Å². The third kappa shape index (κ3) is 4.53. The number of carbonyl (C=O) groups excluding carboxylic acids is 1. The monoisotopic (exact) mass is 279 g/mol. The molecule has 0 heterocycles. The molecule has 1 unspecified atom stereocenters. The molecule has 4 nitrogen and oxygen atoms in total. The Bertz CT molecular complexity index is 443. The zero-order valence-electron chi connectivity index (χ0n) is 12.8. The topological polar surface area (TPSA) is 61.5 Å². The molecule has 112 valence electrons. The van der Waals surface area contributed by atoms with Crippen molar-refractivity contribution >= 4 is 5.97 Å². The van der Waals surface area contributed by atoms with Gasteiger partial charge in [-0.05, 0) is 44.4 Å². The summed E-state index contributed by atoms with van der Waals surface area (Å²) in [6, 6.07) is 5.78. The van der Waals surface area contributed by atoms with E-state index in [0.29, 0.717) is 18.8 Å². The first kappa shape index (κ1) is 16.5. The van der Waals surface area contributed by atoms with Gasteiger partial charge in [0.1, 0.15) is 5.75 Å². The van der Waals surface area contributed by atoms with Gasteiger partial charge in [-0.1, -0.05) is 25.5 Å². The van der Waals surface area contributed by atoms with Gasteiger partial charge in [-0.3, -0.25) is 0 Å². The van der Waals surface area contributed by atoms with Crippen LogP contribution in [0.1, 0.15) is 50.8 Å². The van der Waals surface area contributed by atoms with Crippen LogP contribution in [0, 0.1) is 6.92 Å². The molecular formula is C16H25NO3. The quantitative estimate of drug-likeness (QED) is 0.779. The lowest BCUT2D eigenvalue weighted by atomic mass is 10.1. The SMILES string of the molecule is CCCC(Oc1ccc([C@H](C)N)cc1C)C(=O)OCC. The second-order valence-electron chi connectivity index (χ2n) is 4.96. The Kier molecular flexibility index (Phi) is 6.52. The van der Waals surface area contributed by atoms with E-state index in [4.69, 9.17) is 15.2 Å². The van der Waals surface area contributed by atoms with E-state index in [1.807, 2.05) is 39.0 Å². The van der Waals surface area contributed by atoms with Crippen molar-refractivity contribution in [3.63, 3.8) is 0 Å². The first-order valence-corrected chi connectivity index (χ1v) is 7.19. The second kappa shape index (κ2) is 7.90. The normalized spacial score (nSPS) is 13.7. The lowest BCUT2D eigenvalue weighted by Crippen LogP contribution is -2.29. The van der Waals surface area contributed by atoms with Crippen LogP contribution in [-0.4, -0.2) is 18.7 Å². The van der Waals surface area contributed by atoms with Crippen LogP contribution in [0.4, 0.5) is 0 Å². The van der Waals surface area contributed by atoms with Crippen molar-refractivity contribution in [3.05, 3.63) is 29.3 Å². The zero-order chi connectivity index (χ0) is 15.1. The lowest BCUT2D eigenvalue weighted by Gasteiger charge is -2.19. The van der Waals surface area contributed by atoms with Gasteiger partial charge in [0, 0.05) is 6.04 Å². The minimum absolute atomic E-state index is 0.0146. The van der Waals surface area contributed by atoms with E-state index in [-0.39, 0.29) is 12.0 Å². The summed E-state index contributed by atoms with van der Waals surface area (Å²) in [7, 11) is 0. The molecule has 4 heteroatoms. The van der Waals surface area contributed by atoms with E-state index >= 15 is 0 Å². The van der Waals surface area contributed by atoms with Crippen LogP contribution in [-0.2, 0) is 9.53 Å². The van der Waals surface area contributed by atoms with Crippen molar-refractivity contribution in [2.45, 2.75) is 52.7 Å². The van der Waals surface area contributed by atoms with Crippen LogP contribution in [0.2, 0.25) is 0 Å². The minimum atomic E-state index is -0.542. The molecular weight excluding hydrogens is 254 g/mol. The van der Waals surface area contributed by atoms with Crippen LogP contribution < -0.4 is 10.5 Å². The third-order valence-corrected chi connectivity index (χ3v) is 3.09. The van der Waals surface area contributed by atoms with Gasteiger partial charge in [0.2, 0.25) is 0 Å². The molecule has 0 aliphatic heterocycles. The van der Waals surface area contributed by atoms with E-state index in [0.717, 1.165) is 17.5 Å². The van der Waals surface area contributed by atoms with E-state index in [2.05, 4.69) is 0 Å². The van der Waals surface area contributed by atoms with E-state index < -0.39 is 6.10 Å². The molecule has 1 rings (SSSR count). The van der Waals surface area contributed by atoms with Gasteiger partial charge in [0.05, 0.1) is 6.61 Å². The molecule has 1 aromatic rings. The maximum Gasteiger partial charge on any atom is 0.347 e. The van der Waals surface area contributed by atoms with Gasteiger partial charge >= 0.3 is 5.97 Å². The Balaban J connectivity index is 2.85. The number of aryl methyl sites for hydroxylation is 1. The molecule has 0 aliphatic carbocycles. The molecule has 0 spiro atoms.